The first-order valence-corrected chi connectivity index (χ1v) is 10.2. The topological polar surface area (TPSA) is 102 Å². The van der Waals surface area contributed by atoms with Gasteiger partial charge in [0.15, 0.2) is 0 Å². The molecule has 0 aromatic heterocycles. The number of rotatable bonds is 8. The van der Waals surface area contributed by atoms with Gasteiger partial charge in [0, 0.05) is 12.2 Å². The Morgan fingerprint density at radius 1 is 1.14 bits per heavy atom. The van der Waals surface area contributed by atoms with Crippen molar-refractivity contribution in [3.8, 4) is 5.75 Å². The molecule has 1 aromatic carbocycles. The van der Waals surface area contributed by atoms with Gasteiger partial charge in [0.1, 0.15) is 18.4 Å². The van der Waals surface area contributed by atoms with Gasteiger partial charge in [0.05, 0.1) is 11.8 Å². The smallest absolute Gasteiger partial charge is 0.247 e. The lowest BCUT2D eigenvalue weighted by Gasteiger charge is -2.27. The Morgan fingerprint density at radius 2 is 1.72 bits per heavy atom. The SMILES string of the molecule is CC(C)CC(C(=O)Nc1ccc(OCCN)cc1)N1C(=O)C2CC=CCC2C1=O. The molecule has 3 N–H and O–H groups in total. The summed E-state index contributed by atoms with van der Waals surface area (Å²) in [4.78, 5) is 40.2. The molecule has 3 amide bonds. The molecule has 0 spiro atoms. The second-order valence-corrected chi connectivity index (χ2v) is 8.00. The third-order valence-corrected chi connectivity index (χ3v) is 5.36. The van der Waals surface area contributed by atoms with Gasteiger partial charge in [-0.3, -0.25) is 19.3 Å². The maximum atomic E-state index is 13.1. The van der Waals surface area contributed by atoms with E-state index in [9.17, 15) is 14.4 Å². The number of hydrogen-bond acceptors (Lipinski definition) is 5. The first-order chi connectivity index (χ1) is 13.9. The van der Waals surface area contributed by atoms with E-state index in [1.165, 1.54) is 4.90 Å². The van der Waals surface area contributed by atoms with E-state index in [1.54, 1.807) is 24.3 Å². The molecule has 1 aliphatic heterocycles. The standard InChI is InChI=1S/C22H29N3O4/c1-14(2)13-19(25-21(27)17-5-3-4-6-18(17)22(25)28)20(26)24-15-7-9-16(10-8-15)29-12-11-23/h3-4,7-10,14,17-19H,5-6,11-13,23H2,1-2H3,(H,24,26). The van der Waals surface area contributed by atoms with E-state index in [2.05, 4.69) is 5.32 Å². The van der Waals surface area contributed by atoms with Crippen LogP contribution in [-0.2, 0) is 14.4 Å². The van der Waals surface area contributed by atoms with E-state index in [4.69, 9.17) is 10.5 Å². The first-order valence-electron chi connectivity index (χ1n) is 10.2. The zero-order chi connectivity index (χ0) is 21.0. The lowest BCUT2D eigenvalue weighted by molar-refractivity contribution is -0.147. The van der Waals surface area contributed by atoms with Crippen molar-refractivity contribution in [2.45, 2.75) is 39.2 Å². The fourth-order valence-corrected chi connectivity index (χ4v) is 3.95. The van der Waals surface area contributed by atoms with Crippen molar-refractivity contribution in [2.75, 3.05) is 18.5 Å². The molecule has 7 nitrogen and oxygen atoms in total. The largest absolute Gasteiger partial charge is 0.492 e. The Labute approximate surface area is 171 Å². The van der Waals surface area contributed by atoms with E-state index in [0.717, 1.165) is 0 Å². The summed E-state index contributed by atoms with van der Waals surface area (Å²) in [5.41, 5.74) is 6.01. The highest BCUT2D eigenvalue weighted by atomic mass is 16.5. The Morgan fingerprint density at radius 3 is 2.24 bits per heavy atom. The maximum Gasteiger partial charge on any atom is 0.247 e. The van der Waals surface area contributed by atoms with Crippen LogP contribution in [0, 0.1) is 17.8 Å². The van der Waals surface area contributed by atoms with Crippen molar-refractivity contribution in [1.82, 2.24) is 4.90 Å². The van der Waals surface area contributed by atoms with Gasteiger partial charge in [-0.2, -0.15) is 0 Å². The van der Waals surface area contributed by atoms with E-state index in [0.29, 0.717) is 43.9 Å². The highest BCUT2D eigenvalue weighted by molar-refractivity contribution is 6.10. The van der Waals surface area contributed by atoms with Crippen molar-refractivity contribution < 1.29 is 19.1 Å². The van der Waals surface area contributed by atoms with Crippen molar-refractivity contribution >= 4 is 23.4 Å². The Kier molecular flexibility index (Phi) is 6.69. The third kappa shape index (κ3) is 4.67. The minimum Gasteiger partial charge on any atom is -0.492 e. The molecule has 3 unspecified atom stereocenters. The predicted octanol–water partition coefficient (Wildman–Crippen LogP) is 2.33. The molecule has 0 radical (unpaired) electrons. The Hall–Kier alpha value is -2.67. The van der Waals surface area contributed by atoms with Crippen LogP contribution in [0.25, 0.3) is 0 Å². The number of benzene rings is 1. The summed E-state index contributed by atoms with van der Waals surface area (Å²) in [7, 11) is 0. The summed E-state index contributed by atoms with van der Waals surface area (Å²) in [5.74, 6) is -0.662. The second kappa shape index (κ2) is 9.22. The zero-order valence-corrected chi connectivity index (χ0v) is 17.0. The zero-order valence-electron chi connectivity index (χ0n) is 17.0. The number of nitrogens with one attached hydrogen (secondary N) is 1. The number of imide groups is 1. The predicted molar refractivity (Wildman–Crippen MR) is 110 cm³/mol. The average Bonchev–Trinajstić information content (AvgIpc) is 2.96. The van der Waals surface area contributed by atoms with Gasteiger partial charge in [0.25, 0.3) is 0 Å². The van der Waals surface area contributed by atoms with Gasteiger partial charge >= 0.3 is 0 Å². The molecule has 3 atom stereocenters. The summed E-state index contributed by atoms with van der Waals surface area (Å²) in [5, 5.41) is 2.85. The van der Waals surface area contributed by atoms with Crippen LogP contribution in [0.4, 0.5) is 5.69 Å². The summed E-state index contributed by atoms with van der Waals surface area (Å²) in [6.45, 7) is 4.79. The molecule has 0 bridgehead atoms. The molecular weight excluding hydrogens is 370 g/mol. The number of ether oxygens (including phenoxy) is 1. The number of allylic oxidation sites excluding steroid dienone is 2. The number of carbonyl (C=O) groups is 3. The van der Waals surface area contributed by atoms with Crippen LogP contribution in [0.3, 0.4) is 0 Å². The van der Waals surface area contributed by atoms with E-state index < -0.39 is 6.04 Å². The van der Waals surface area contributed by atoms with Gasteiger partial charge in [-0.1, -0.05) is 26.0 Å². The monoisotopic (exact) mass is 399 g/mol. The molecule has 7 heteroatoms. The van der Waals surface area contributed by atoms with Crippen molar-refractivity contribution in [1.29, 1.82) is 0 Å². The van der Waals surface area contributed by atoms with Crippen LogP contribution < -0.4 is 15.8 Å². The number of nitrogens with zero attached hydrogens (tertiary/aromatic N) is 1. The minimum atomic E-state index is -0.811. The fourth-order valence-electron chi connectivity index (χ4n) is 3.95. The number of amides is 3. The van der Waals surface area contributed by atoms with Crippen molar-refractivity contribution in [2.24, 2.45) is 23.5 Å². The molecule has 156 valence electrons. The first kappa shape index (κ1) is 21.0. The normalized spacial score (nSPS) is 22.0. The van der Waals surface area contributed by atoms with Crippen LogP contribution in [0.1, 0.15) is 33.1 Å². The quantitative estimate of drug-likeness (QED) is 0.516. The average molecular weight is 399 g/mol. The highest BCUT2D eigenvalue weighted by Crippen LogP contribution is 2.37. The molecule has 1 fully saturated rings. The lowest BCUT2D eigenvalue weighted by atomic mass is 9.85. The van der Waals surface area contributed by atoms with Crippen LogP contribution in [0.2, 0.25) is 0 Å². The van der Waals surface area contributed by atoms with Crippen LogP contribution in [0.5, 0.6) is 5.75 Å². The van der Waals surface area contributed by atoms with Gasteiger partial charge in [-0.05, 0) is 49.4 Å². The molecule has 1 aliphatic carbocycles. The minimum absolute atomic E-state index is 0.152. The van der Waals surface area contributed by atoms with Gasteiger partial charge < -0.3 is 15.8 Å². The molecule has 3 rings (SSSR count). The number of anilines is 1. The van der Waals surface area contributed by atoms with E-state index >= 15 is 0 Å². The number of nitrogens with two attached hydrogens (primary N) is 1. The van der Waals surface area contributed by atoms with Gasteiger partial charge in [-0.25, -0.2) is 0 Å². The molecule has 1 heterocycles. The molecule has 1 aromatic rings. The summed E-state index contributed by atoms with van der Waals surface area (Å²) in [6, 6.07) is 6.14. The number of hydrogen-bond donors (Lipinski definition) is 2. The fraction of sp³-hybridized carbons (Fsp3) is 0.500. The molecular formula is C22H29N3O4. The summed E-state index contributed by atoms with van der Waals surface area (Å²) < 4.78 is 5.44. The van der Waals surface area contributed by atoms with Gasteiger partial charge in [-0.15, -0.1) is 0 Å². The number of fused-ring (bicyclic) bond motifs is 1. The molecule has 29 heavy (non-hydrogen) atoms. The summed E-state index contributed by atoms with van der Waals surface area (Å²) >= 11 is 0. The number of carbonyl (C=O) groups excluding carboxylic acids is 3. The van der Waals surface area contributed by atoms with Crippen LogP contribution in [0.15, 0.2) is 36.4 Å². The maximum absolute atomic E-state index is 13.1. The molecule has 1 saturated heterocycles. The van der Waals surface area contributed by atoms with Crippen molar-refractivity contribution in [3.05, 3.63) is 36.4 Å². The summed E-state index contributed by atoms with van der Waals surface area (Å²) in [6.07, 6.45) is 5.44. The van der Waals surface area contributed by atoms with Crippen LogP contribution in [-0.4, -0.2) is 41.8 Å². The second-order valence-electron chi connectivity index (χ2n) is 8.00. The van der Waals surface area contributed by atoms with E-state index in [-0.39, 0.29) is 35.5 Å². The molecule has 0 saturated carbocycles. The Balaban J connectivity index is 1.75. The Bertz CT molecular complexity index is 762. The van der Waals surface area contributed by atoms with Crippen molar-refractivity contribution in [3.63, 3.8) is 0 Å². The van der Waals surface area contributed by atoms with Crippen LogP contribution >= 0.6 is 0 Å². The van der Waals surface area contributed by atoms with Gasteiger partial charge in [0.2, 0.25) is 17.7 Å². The molecule has 2 aliphatic rings. The lowest BCUT2D eigenvalue weighted by Crippen LogP contribution is -2.48. The third-order valence-electron chi connectivity index (χ3n) is 5.36. The highest BCUT2D eigenvalue weighted by Gasteiger charge is 2.51. The number of likely N-dealkylation sites (tertiary alicyclic amines) is 1. The van der Waals surface area contributed by atoms with E-state index in [1.807, 2.05) is 26.0 Å².